The van der Waals surface area contributed by atoms with Gasteiger partial charge in [0.25, 0.3) is 0 Å². The SMILES string of the molecule is N#CC1(C2CCC2)CCc2c(sc(N)c2C(=O)O)C1=O. The highest BCUT2D eigenvalue weighted by atomic mass is 32.1. The number of nitrogens with two attached hydrogens (primary N) is 1. The Morgan fingerprint density at radius 2 is 2.20 bits per heavy atom. The van der Waals surface area contributed by atoms with Crippen molar-refractivity contribution < 1.29 is 14.7 Å². The van der Waals surface area contributed by atoms with Gasteiger partial charge in [0, 0.05) is 0 Å². The summed E-state index contributed by atoms with van der Waals surface area (Å²) < 4.78 is 0. The molecule has 6 heteroatoms. The highest BCUT2D eigenvalue weighted by molar-refractivity contribution is 7.18. The molecule has 1 aromatic rings. The van der Waals surface area contributed by atoms with Gasteiger partial charge in [-0.3, -0.25) is 4.79 Å². The van der Waals surface area contributed by atoms with Crippen LogP contribution < -0.4 is 5.73 Å². The Morgan fingerprint density at radius 3 is 2.70 bits per heavy atom. The van der Waals surface area contributed by atoms with Gasteiger partial charge in [-0.1, -0.05) is 6.42 Å². The van der Waals surface area contributed by atoms with Gasteiger partial charge in [-0.15, -0.1) is 11.3 Å². The minimum absolute atomic E-state index is 0.0542. The van der Waals surface area contributed by atoms with Gasteiger partial charge >= 0.3 is 5.97 Å². The molecular formula is C14H14N2O3S. The maximum absolute atomic E-state index is 12.7. The number of carbonyl (C=O) groups is 2. The van der Waals surface area contributed by atoms with Crippen molar-refractivity contribution in [2.75, 3.05) is 5.73 Å². The van der Waals surface area contributed by atoms with Crippen molar-refractivity contribution in [1.29, 1.82) is 5.26 Å². The number of hydrogen-bond donors (Lipinski definition) is 2. The molecule has 3 rings (SSSR count). The summed E-state index contributed by atoms with van der Waals surface area (Å²) in [6.45, 7) is 0. The maximum Gasteiger partial charge on any atom is 0.338 e. The van der Waals surface area contributed by atoms with Crippen LogP contribution in [0.2, 0.25) is 0 Å². The number of carboxylic acids is 1. The number of nitrogen functional groups attached to an aromatic ring is 1. The van der Waals surface area contributed by atoms with Crippen LogP contribution in [-0.4, -0.2) is 16.9 Å². The van der Waals surface area contributed by atoms with Crippen LogP contribution in [0, 0.1) is 22.7 Å². The first-order valence-electron chi connectivity index (χ1n) is 6.61. The zero-order valence-electron chi connectivity index (χ0n) is 10.8. The molecule has 1 fully saturated rings. The van der Waals surface area contributed by atoms with E-state index in [-0.39, 0.29) is 22.3 Å². The van der Waals surface area contributed by atoms with Crippen molar-refractivity contribution in [3.05, 3.63) is 16.0 Å². The Morgan fingerprint density at radius 1 is 1.50 bits per heavy atom. The molecule has 2 aliphatic rings. The molecule has 104 valence electrons. The summed E-state index contributed by atoms with van der Waals surface area (Å²) in [6.07, 6.45) is 3.72. The van der Waals surface area contributed by atoms with Gasteiger partial charge in [0.15, 0.2) is 5.78 Å². The molecule has 0 bridgehead atoms. The van der Waals surface area contributed by atoms with E-state index >= 15 is 0 Å². The maximum atomic E-state index is 12.7. The number of hydrogen-bond acceptors (Lipinski definition) is 5. The molecule has 20 heavy (non-hydrogen) atoms. The number of aromatic carboxylic acids is 1. The number of nitriles is 1. The highest BCUT2D eigenvalue weighted by Crippen LogP contribution is 2.51. The molecule has 0 amide bonds. The molecule has 0 aromatic carbocycles. The molecule has 0 spiro atoms. The standard InChI is InChI=1S/C14H14N2O3S/c15-6-14(7-2-1-3-7)5-4-8-9(13(18)19)12(16)20-10(8)11(14)17/h7H,1-5,16H2,(H,18,19). The Bertz CT molecular complexity index is 654. The number of nitrogens with zero attached hydrogens (tertiary/aromatic N) is 1. The number of rotatable bonds is 2. The second kappa shape index (κ2) is 4.32. The van der Waals surface area contributed by atoms with Crippen LogP contribution >= 0.6 is 11.3 Å². The van der Waals surface area contributed by atoms with Crippen LogP contribution in [0.3, 0.4) is 0 Å². The largest absolute Gasteiger partial charge is 0.478 e. The Labute approximate surface area is 120 Å². The Balaban J connectivity index is 2.10. The van der Waals surface area contributed by atoms with Crippen molar-refractivity contribution in [3.63, 3.8) is 0 Å². The van der Waals surface area contributed by atoms with Gasteiger partial charge in [-0.05, 0) is 37.2 Å². The predicted octanol–water partition coefficient (Wildman–Crippen LogP) is 2.47. The van der Waals surface area contributed by atoms with E-state index in [9.17, 15) is 20.0 Å². The van der Waals surface area contributed by atoms with Crippen molar-refractivity contribution in [3.8, 4) is 6.07 Å². The summed E-state index contributed by atoms with van der Waals surface area (Å²) in [4.78, 5) is 24.4. The fourth-order valence-corrected chi connectivity index (χ4v) is 4.40. The number of fused-ring (bicyclic) bond motifs is 1. The first-order valence-corrected chi connectivity index (χ1v) is 7.43. The van der Waals surface area contributed by atoms with Gasteiger partial charge in [0.1, 0.15) is 10.4 Å². The second-order valence-corrected chi connectivity index (χ2v) is 6.55. The molecule has 1 unspecified atom stereocenters. The van der Waals surface area contributed by atoms with E-state index in [1.54, 1.807) is 0 Å². The molecule has 0 radical (unpaired) electrons. The van der Waals surface area contributed by atoms with Crippen LogP contribution in [-0.2, 0) is 6.42 Å². The lowest BCUT2D eigenvalue weighted by molar-refractivity contribution is 0.0631. The summed E-state index contributed by atoms with van der Waals surface area (Å²) >= 11 is 1.02. The van der Waals surface area contributed by atoms with Crippen molar-refractivity contribution in [2.45, 2.75) is 32.1 Å². The number of anilines is 1. The third-order valence-electron chi connectivity index (χ3n) is 4.63. The number of carbonyl (C=O) groups excluding carboxylic acids is 1. The van der Waals surface area contributed by atoms with E-state index < -0.39 is 11.4 Å². The molecule has 0 aliphatic heterocycles. The van der Waals surface area contributed by atoms with Crippen molar-refractivity contribution in [2.24, 2.45) is 11.3 Å². The summed E-state index contributed by atoms with van der Waals surface area (Å²) in [6, 6.07) is 2.24. The Kier molecular flexibility index (Phi) is 2.83. The Hall–Kier alpha value is -1.87. The third-order valence-corrected chi connectivity index (χ3v) is 5.69. The molecule has 2 aliphatic carbocycles. The van der Waals surface area contributed by atoms with E-state index in [1.165, 1.54) is 0 Å². The van der Waals surface area contributed by atoms with E-state index in [1.807, 2.05) is 0 Å². The average molecular weight is 290 g/mol. The number of ketones is 1. The smallest absolute Gasteiger partial charge is 0.338 e. The van der Waals surface area contributed by atoms with Crippen molar-refractivity contribution in [1.82, 2.24) is 0 Å². The summed E-state index contributed by atoms with van der Waals surface area (Å²) in [5.74, 6) is -1.19. The predicted molar refractivity (Wildman–Crippen MR) is 73.7 cm³/mol. The first kappa shape index (κ1) is 13.1. The molecule has 1 aromatic heterocycles. The van der Waals surface area contributed by atoms with E-state index in [0.717, 1.165) is 30.6 Å². The molecule has 5 nitrogen and oxygen atoms in total. The fraction of sp³-hybridized carbons (Fsp3) is 0.500. The van der Waals surface area contributed by atoms with E-state index in [2.05, 4.69) is 6.07 Å². The van der Waals surface area contributed by atoms with Gasteiger partial charge in [0.2, 0.25) is 0 Å². The summed E-state index contributed by atoms with van der Waals surface area (Å²) in [5.41, 5.74) is 5.36. The fourth-order valence-electron chi connectivity index (χ4n) is 3.27. The normalized spacial score (nSPS) is 25.6. The minimum atomic E-state index is -1.10. The molecule has 1 heterocycles. The average Bonchev–Trinajstić information content (AvgIpc) is 2.68. The van der Waals surface area contributed by atoms with Gasteiger partial charge in [0.05, 0.1) is 16.5 Å². The first-order chi connectivity index (χ1) is 9.51. The summed E-state index contributed by atoms with van der Waals surface area (Å²) in [5, 5.41) is 18.9. The van der Waals surface area contributed by atoms with Crippen LogP contribution in [0.5, 0.6) is 0 Å². The minimum Gasteiger partial charge on any atom is -0.478 e. The van der Waals surface area contributed by atoms with Gasteiger partial charge < -0.3 is 10.8 Å². The topological polar surface area (TPSA) is 104 Å². The third kappa shape index (κ3) is 1.53. The molecular weight excluding hydrogens is 276 g/mol. The quantitative estimate of drug-likeness (QED) is 0.870. The van der Waals surface area contributed by atoms with E-state index in [0.29, 0.717) is 23.3 Å². The number of Topliss-reactive ketones (excluding diaryl/α,β-unsaturated/α-hetero) is 1. The zero-order valence-corrected chi connectivity index (χ0v) is 11.6. The lowest BCUT2D eigenvalue weighted by Crippen LogP contribution is -2.43. The zero-order chi connectivity index (χ0) is 14.5. The molecule has 1 saturated carbocycles. The lowest BCUT2D eigenvalue weighted by atomic mass is 9.59. The molecule has 1 atom stereocenters. The lowest BCUT2D eigenvalue weighted by Gasteiger charge is -2.41. The van der Waals surface area contributed by atoms with Crippen LogP contribution in [0.1, 0.15) is 51.3 Å². The molecule has 3 N–H and O–H groups in total. The number of thiophene rings is 1. The van der Waals surface area contributed by atoms with Crippen molar-refractivity contribution >= 4 is 28.1 Å². The second-order valence-electron chi connectivity index (χ2n) is 5.49. The summed E-state index contributed by atoms with van der Waals surface area (Å²) in [7, 11) is 0. The van der Waals surface area contributed by atoms with Crippen LogP contribution in [0.4, 0.5) is 5.00 Å². The van der Waals surface area contributed by atoms with Crippen LogP contribution in [0.25, 0.3) is 0 Å². The van der Waals surface area contributed by atoms with Crippen LogP contribution in [0.15, 0.2) is 0 Å². The monoisotopic (exact) mass is 290 g/mol. The molecule has 0 saturated heterocycles. The number of carboxylic acid groups (broad SMARTS) is 1. The van der Waals surface area contributed by atoms with E-state index in [4.69, 9.17) is 5.73 Å². The highest BCUT2D eigenvalue weighted by Gasteiger charge is 2.52. The van der Waals surface area contributed by atoms with Gasteiger partial charge in [-0.2, -0.15) is 5.26 Å². The van der Waals surface area contributed by atoms with Gasteiger partial charge in [-0.25, -0.2) is 4.79 Å².